The number of nitrogens with two attached hydrogens (primary N) is 2. The molecule has 0 atom stereocenters. The fourth-order valence-corrected chi connectivity index (χ4v) is 0.732. The van der Waals surface area contributed by atoms with E-state index >= 15 is 0 Å². The molecule has 1 rings (SSSR count). The lowest BCUT2D eigenvalue weighted by molar-refractivity contribution is 0.112. The molecule has 1 aromatic rings. The van der Waals surface area contributed by atoms with Crippen LogP contribution in [0.1, 0.15) is 15.9 Å². The summed E-state index contributed by atoms with van der Waals surface area (Å²) in [6, 6.07) is 5.25. The van der Waals surface area contributed by atoms with Crippen LogP contribution in [0.15, 0.2) is 18.2 Å². The summed E-state index contributed by atoms with van der Waals surface area (Å²) in [6.45, 7) is 1.91. The zero-order chi connectivity index (χ0) is 9.56. The number of aldehydes is 1. The summed E-state index contributed by atoms with van der Waals surface area (Å²) in [6.07, 6.45) is 0.787. The summed E-state index contributed by atoms with van der Waals surface area (Å²) in [5, 5.41) is 0. The number of carbonyl (C=O) groups excluding carboxylic acids is 1. The van der Waals surface area contributed by atoms with E-state index in [-0.39, 0.29) is 0 Å². The number of hydrogen-bond donors (Lipinski definition) is 2. The Morgan fingerprint density at radius 2 is 1.92 bits per heavy atom. The molecular formula is C9H14N2O. The second-order valence-electron chi connectivity index (χ2n) is 2.23. The third kappa shape index (κ3) is 2.72. The third-order valence-electron chi connectivity index (χ3n) is 1.44. The Bertz CT molecular complexity index is 259. The molecule has 0 radical (unpaired) electrons. The summed E-state index contributed by atoms with van der Waals surface area (Å²) in [5.41, 5.74) is 12.3. The minimum Gasteiger partial charge on any atom is -0.398 e. The molecule has 0 saturated carbocycles. The van der Waals surface area contributed by atoms with Crippen LogP contribution in [-0.4, -0.2) is 13.3 Å². The van der Waals surface area contributed by atoms with Gasteiger partial charge < -0.3 is 11.5 Å². The molecule has 0 heterocycles. The van der Waals surface area contributed by atoms with Crippen LogP contribution in [0.25, 0.3) is 0 Å². The Labute approximate surface area is 72.4 Å². The highest BCUT2D eigenvalue weighted by Gasteiger charge is 1.93. The number of nitrogen functional groups attached to an aromatic ring is 1. The summed E-state index contributed by atoms with van der Waals surface area (Å²) in [4.78, 5) is 10.2. The maximum absolute atomic E-state index is 10.2. The predicted octanol–water partition coefficient (Wildman–Crippen LogP) is 0.965. The van der Waals surface area contributed by atoms with Crippen molar-refractivity contribution < 1.29 is 4.79 Å². The molecule has 4 N–H and O–H groups in total. The Hall–Kier alpha value is -1.35. The van der Waals surface area contributed by atoms with Gasteiger partial charge in [-0.25, -0.2) is 0 Å². The molecule has 66 valence electrons. The van der Waals surface area contributed by atoms with Crippen molar-refractivity contribution in [2.75, 3.05) is 12.8 Å². The first kappa shape index (κ1) is 10.7. The van der Waals surface area contributed by atoms with Crippen LogP contribution in [0.5, 0.6) is 0 Å². The molecule has 0 unspecified atom stereocenters. The van der Waals surface area contributed by atoms with Crippen molar-refractivity contribution in [1.29, 1.82) is 0 Å². The van der Waals surface area contributed by atoms with Crippen molar-refractivity contribution >= 4 is 12.0 Å². The summed E-state index contributed by atoms with van der Waals surface area (Å²) >= 11 is 0. The average Bonchev–Trinajstić information content (AvgIpc) is 2.13. The van der Waals surface area contributed by atoms with E-state index in [0.717, 1.165) is 11.8 Å². The summed E-state index contributed by atoms with van der Waals surface area (Å²) in [5.74, 6) is 0. The Kier molecular flexibility index (Phi) is 4.72. The van der Waals surface area contributed by atoms with Gasteiger partial charge in [0, 0.05) is 11.3 Å². The van der Waals surface area contributed by atoms with Gasteiger partial charge in [-0.05, 0) is 25.6 Å². The topological polar surface area (TPSA) is 69.1 Å². The number of anilines is 1. The first-order chi connectivity index (χ1) is 5.74. The lowest BCUT2D eigenvalue weighted by Crippen LogP contribution is -1.90. The lowest BCUT2D eigenvalue weighted by Gasteiger charge is -1.97. The van der Waals surface area contributed by atoms with Crippen molar-refractivity contribution in [3.63, 3.8) is 0 Å². The van der Waals surface area contributed by atoms with Gasteiger partial charge in [-0.2, -0.15) is 0 Å². The Morgan fingerprint density at radius 3 is 2.33 bits per heavy atom. The van der Waals surface area contributed by atoms with Gasteiger partial charge in [0.25, 0.3) is 0 Å². The molecule has 0 fully saturated rings. The monoisotopic (exact) mass is 166 g/mol. The quantitative estimate of drug-likeness (QED) is 0.482. The number of benzene rings is 1. The van der Waals surface area contributed by atoms with Crippen LogP contribution >= 0.6 is 0 Å². The van der Waals surface area contributed by atoms with E-state index in [1.165, 1.54) is 7.05 Å². The normalized spacial score (nSPS) is 8.25. The molecule has 0 saturated heterocycles. The molecule has 1 aromatic carbocycles. The number of rotatable bonds is 1. The molecule has 0 bridgehead atoms. The third-order valence-corrected chi connectivity index (χ3v) is 1.44. The number of aryl methyl sites for hydroxylation is 1. The zero-order valence-electron chi connectivity index (χ0n) is 7.37. The van der Waals surface area contributed by atoms with E-state index < -0.39 is 0 Å². The van der Waals surface area contributed by atoms with Crippen LogP contribution < -0.4 is 11.5 Å². The summed E-state index contributed by atoms with van der Waals surface area (Å²) in [7, 11) is 1.50. The molecule has 0 aliphatic carbocycles. The zero-order valence-corrected chi connectivity index (χ0v) is 7.37. The SMILES string of the molecule is CN.Cc1ccc(C=O)cc1N. The second-order valence-corrected chi connectivity index (χ2v) is 2.23. The van der Waals surface area contributed by atoms with Crippen LogP contribution in [0.4, 0.5) is 5.69 Å². The molecule has 3 heteroatoms. The highest BCUT2D eigenvalue weighted by atomic mass is 16.1. The van der Waals surface area contributed by atoms with E-state index in [4.69, 9.17) is 5.73 Å². The van der Waals surface area contributed by atoms with Crippen LogP contribution in [0, 0.1) is 6.92 Å². The first-order valence-electron chi connectivity index (χ1n) is 3.63. The first-order valence-corrected chi connectivity index (χ1v) is 3.63. The highest BCUT2D eigenvalue weighted by molar-refractivity contribution is 5.77. The van der Waals surface area contributed by atoms with Gasteiger partial charge in [-0.3, -0.25) is 4.79 Å². The largest absolute Gasteiger partial charge is 0.398 e. The summed E-state index contributed by atoms with van der Waals surface area (Å²) < 4.78 is 0. The minimum absolute atomic E-state index is 0.628. The van der Waals surface area contributed by atoms with Crippen LogP contribution in [0.2, 0.25) is 0 Å². The molecule has 0 amide bonds. The van der Waals surface area contributed by atoms with Gasteiger partial charge in [0.2, 0.25) is 0 Å². The maximum atomic E-state index is 10.2. The molecule has 0 aromatic heterocycles. The van der Waals surface area contributed by atoms with Crippen LogP contribution in [-0.2, 0) is 0 Å². The van der Waals surface area contributed by atoms with Crippen LogP contribution in [0.3, 0.4) is 0 Å². The van der Waals surface area contributed by atoms with Crippen molar-refractivity contribution in [3.8, 4) is 0 Å². The fraction of sp³-hybridized carbons (Fsp3) is 0.222. The van der Waals surface area contributed by atoms with Crippen molar-refractivity contribution in [1.82, 2.24) is 0 Å². The van der Waals surface area contributed by atoms with Gasteiger partial charge in [0.1, 0.15) is 6.29 Å². The molecular weight excluding hydrogens is 152 g/mol. The Balaban J connectivity index is 0.000000561. The highest BCUT2D eigenvalue weighted by Crippen LogP contribution is 2.10. The van der Waals surface area contributed by atoms with E-state index in [1.807, 2.05) is 13.0 Å². The molecule has 12 heavy (non-hydrogen) atoms. The Morgan fingerprint density at radius 1 is 1.33 bits per heavy atom. The standard InChI is InChI=1S/C8H9NO.CH5N/c1-6-2-3-7(5-10)4-8(6)9;1-2/h2-5H,9H2,1H3;2H2,1H3. The predicted molar refractivity (Wildman–Crippen MR) is 51.1 cm³/mol. The molecule has 3 nitrogen and oxygen atoms in total. The van der Waals surface area contributed by atoms with Crippen molar-refractivity contribution in [2.24, 2.45) is 5.73 Å². The molecule has 0 spiro atoms. The minimum atomic E-state index is 0.628. The van der Waals surface area contributed by atoms with E-state index in [2.05, 4.69) is 5.73 Å². The lowest BCUT2D eigenvalue weighted by atomic mass is 10.1. The van der Waals surface area contributed by atoms with E-state index in [0.29, 0.717) is 11.3 Å². The van der Waals surface area contributed by atoms with Gasteiger partial charge in [-0.15, -0.1) is 0 Å². The fourth-order valence-electron chi connectivity index (χ4n) is 0.732. The maximum Gasteiger partial charge on any atom is 0.150 e. The number of hydrogen-bond acceptors (Lipinski definition) is 3. The number of carbonyl (C=O) groups is 1. The van der Waals surface area contributed by atoms with Gasteiger partial charge in [0.15, 0.2) is 0 Å². The van der Waals surface area contributed by atoms with Gasteiger partial charge >= 0.3 is 0 Å². The van der Waals surface area contributed by atoms with Gasteiger partial charge in [-0.1, -0.05) is 12.1 Å². The average molecular weight is 166 g/mol. The van der Waals surface area contributed by atoms with E-state index in [1.54, 1.807) is 12.1 Å². The molecule has 0 aliphatic rings. The molecule has 0 aliphatic heterocycles. The van der Waals surface area contributed by atoms with Crippen molar-refractivity contribution in [2.45, 2.75) is 6.92 Å². The van der Waals surface area contributed by atoms with E-state index in [9.17, 15) is 4.79 Å². The van der Waals surface area contributed by atoms with Gasteiger partial charge in [0.05, 0.1) is 0 Å². The van der Waals surface area contributed by atoms with Crippen molar-refractivity contribution in [3.05, 3.63) is 29.3 Å². The smallest absolute Gasteiger partial charge is 0.150 e. The second kappa shape index (κ2) is 5.32.